The average molecular weight is 429 g/mol. The van der Waals surface area contributed by atoms with Crippen LogP contribution in [-0.4, -0.2) is 37.4 Å². The standard InChI is InChI=1S/C24H28FNO5/c1-15(26-16(2)27)23-10-17-5-7-20(12-24(17)31-23)29-13-18-6-8-19(11-22(18)25)30-14-21-4-3-9-28-21/h5-8,11-12,15,21,23H,3-4,9-10,13-14H2,1-2H3,(H,26,27)/t15-,21-,23-/m0/s1. The molecule has 6 nitrogen and oxygen atoms in total. The molecule has 0 saturated carbocycles. The summed E-state index contributed by atoms with van der Waals surface area (Å²) in [6.45, 7) is 4.72. The van der Waals surface area contributed by atoms with Gasteiger partial charge in [0.1, 0.15) is 42.4 Å². The lowest BCUT2D eigenvalue weighted by Gasteiger charge is -2.19. The predicted molar refractivity (Wildman–Crippen MR) is 113 cm³/mol. The van der Waals surface area contributed by atoms with Crippen LogP contribution in [0.25, 0.3) is 0 Å². The number of rotatable bonds is 8. The summed E-state index contributed by atoms with van der Waals surface area (Å²) in [4.78, 5) is 11.3. The molecule has 2 aliphatic heterocycles. The number of carbonyl (C=O) groups excluding carboxylic acids is 1. The van der Waals surface area contributed by atoms with Gasteiger partial charge in [-0.1, -0.05) is 6.07 Å². The number of amides is 1. The highest BCUT2D eigenvalue weighted by Gasteiger charge is 2.28. The van der Waals surface area contributed by atoms with E-state index in [9.17, 15) is 9.18 Å². The fraction of sp³-hybridized carbons (Fsp3) is 0.458. The number of hydrogen-bond donors (Lipinski definition) is 1. The lowest BCUT2D eigenvalue weighted by molar-refractivity contribution is -0.120. The van der Waals surface area contributed by atoms with Crippen LogP contribution in [0.2, 0.25) is 0 Å². The van der Waals surface area contributed by atoms with Gasteiger partial charge in [0.05, 0.1) is 12.1 Å². The first-order valence-electron chi connectivity index (χ1n) is 10.7. The Morgan fingerprint density at radius 2 is 2.03 bits per heavy atom. The third kappa shape index (κ3) is 5.47. The van der Waals surface area contributed by atoms with Gasteiger partial charge in [-0.2, -0.15) is 0 Å². The minimum Gasteiger partial charge on any atom is -0.491 e. The minimum absolute atomic E-state index is 0.0820. The average Bonchev–Trinajstić information content (AvgIpc) is 3.40. The van der Waals surface area contributed by atoms with Gasteiger partial charge >= 0.3 is 0 Å². The first-order chi connectivity index (χ1) is 15.0. The first kappa shape index (κ1) is 21.4. The van der Waals surface area contributed by atoms with Gasteiger partial charge in [0.25, 0.3) is 0 Å². The smallest absolute Gasteiger partial charge is 0.217 e. The molecule has 3 atom stereocenters. The largest absolute Gasteiger partial charge is 0.491 e. The van der Waals surface area contributed by atoms with Gasteiger partial charge in [0.15, 0.2) is 0 Å². The molecule has 2 aliphatic rings. The number of halogens is 1. The van der Waals surface area contributed by atoms with E-state index in [1.165, 1.54) is 13.0 Å². The monoisotopic (exact) mass is 429 g/mol. The second kappa shape index (κ2) is 9.56. The lowest BCUT2D eigenvalue weighted by atomic mass is 10.1. The van der Waals surface area contributed by atoms with Gasteiger partial charge < -0.3 is 24.3 Å². The summed E-state index contributed by atoms with van der Waals surface area (Å²) in [5, 5.41) is 2.86. The Balaban J connectivity index is 1.31. The number of carbonyl (C=O) groups is 1. The molecule has 2 heterocycles. The van der Waals surface area contributed by atoms with Crippen molar-refractivity contribution in [2.24, 2.45) is 0 Å². The molecular formula is C24H28FNO5. The van der Waals surface area contributed by atoms with Crippen LogP contribution < -0.4 is 19.5 Å². The van der Waals surface area contributed by atoms with E-state index < -0.39 is 0 Å². The van der Waals surface area contributed by atoms with Crippen molar-refractivity contribution in [2.45, 2.75) is 58.0 Å². The van der Waals surface area contributed by atoms with Crippen molar-refractivity contribution in [1.29, 1.82) is 0 Å². The minimum atomic E-state index is -0.369. The van der Waals surface area contributed by atoms with Crippen molar-refractivity contribution in [3.63, 3.8) is 0 Å². The summed E-state index contributed by atoms with van der Waals surface area (Å²) >= 11 is 0. The molecule has 0 radical (unpaired) electrons. The van der Waals surface area contributed by atoms with E-state index in [1.807, 2.05) is 25.1 Å². The van der Waals surface area contributed by atoms with Crippen LogP contribution in [-0.2, 0) is 22.6 Å². The van der Waals surface area contributed by atoms with Gasteiger partial charge in [0.2, 0.25) is 5.91 Å². The molecule has 0 bridgehead atoms. The maximum Gasteiger partial charge on any atom is 0.217 e. The molecule has 166 valence electrons. The Hall–Kier alpha value is -2.80. The Morgan fingerprint density at radius 3 is 2.77 bits per heavy atom. The highest BCUT2D eigenvalue weighted by Crippen LogP contribution is 2.34. The summed E-state index contributed by atoms with van der Waals surface area (Å²) < 4.78 is 37.4. The van der Waals surface area contributed by atoms with Crippen LogP contribution in [0.15, 0.2) is 36.4 Å². The van der Waals surface area contributed by atoms with Gasteiger partial charge in [-0.15, -0.1) is 0 Å². The third-order valence-corrected chi connectivity index (χ3v) is 5.61. The summed E-state index contributed by atoms with van der Waals surface area (Å²) in [5.74, 6) is 1.37. The molecule has 0 spiro atoms. The maximum atomic E-state index is 14.5. The van der Waals surface area contributed by atoms with Crippen molar-refractivity contribution in [1.82, 2.24) is 5.32 Å². The number of benzene rings is 2. The second-order valence-corrected chi connectivity index (χ2v) is 8.11. The SMILES string of the molecule is CC(=O)N[C@@H](C)[C@@H]1Cc2ccc(OCc3ccc(OC[C@@H]4CCCO4)cc3F)cc2O1. The molecule has 1 saturated heterocycles. The Labute approximate surface area is 181 Å². The molecule has 0 aliphatic carbocycles. The molecule has 4 rings (SSSR count). The highest BCUT2D eigenvalue weighted by molar-refractivity contribution is 5.73. The third-order valence-electron chi connectivity index (χ3n) is 5.61. The van der Waals surface area contributed by atoms with E-state index in [4.69, 9.17) is 18.9 Å². The Morgan fingerprint density at radius 1 is 1.23 bits per heavy atom. The van der Waals surface area contributed by atoms with Crippen LogP contribution in [0.4, 0.5) is 4.39 Å². The molecule has 2 aromatic rings. The van der Waals surface area contributed by atoms with Crippen molar-refractivity contribution >= 4 is 5.91 Å². The molecule has 0 unspecified atom stereocenters. The van der Waals surface area contributed by atoms with Crippen LogP contribution in [0, 0.1) is 5.82 Å². The summed E-state index contributed by atoms with van der Waals surface area (Å²) in [6.07, 6.45) is 2.72. The number of nitrogens with one attached hydrogen (secondary N) is 1. The van der Waals surface area contributed by atoms with E-state index in [1.54, 1.807) is 12.1 Å². The van der Waals surface area contributed by atoms with Crippen LogP contribution in [0.3, 0.4) is 0 Å². The molecule has 1 amide bonds. The van der Waals surface area contributed by atoms with E-state index in [2.05, 4.69) is 5.32 Å². The van der Waals surface area contributed by atoms with Gasteiger partial charge in [0, 0.05) is 37.6 Å². The molecule has 31 heavy (non-hydrogen) atoms. The Bertz CT molecular complexity index is 928. The highest BCUT2D eigenvalue weighted by atomic mass is 19.1. The zero-order valence-corrected chi connectivity index (χ0v) is 17.9. The number of fused-ring (bicyclic) bond motifs is 1. The van der Waals surface area contributed by atoms with Crippen LogP contribution in [0.5, 0.6) is 17.2 Å². The summed E-state index contributed by atoms with van der Waals surface area (Å²) in [5.41, 5.74) is 1.51. The zero-order valence-electron chi connectivity index (χ0n) is 17.9. The number of hydrogen-bond acceptors (Lipinski definition) is 5. The van der Waals surface area contributed by atoms with Gasteiger partial charge in [-0.3, -0.25) is 4.79 Å². The van der Waals surface area contributed by atoms with Crippen molar-refractivity contribution < 1.29 is 28.1 Å². The molecule has 1 fully saturated rings. The summed E-state index contributed by atoms with van der Waals surface area (Å²) in [6, 6.07) is 10.3. The van der Waals surface area contributed by atoms with E-state index in [-0.39, 0.29) is 36.6 Å². The van der Waals surface area contributed by atoms with Crippen molar-refractivity contribution in [3.8, 4) is 17.2 Å². The normalized spacial score (nSPS) is 20.6. The topological polar surface area (TPSA) is 66.0 Å². The summed E-state index contributed by atoms with van der Waals surface area (Å²) in [7, 11) is 0. The van der Waals surface area contributed by atoms with Crippen LogP contribution in [0.1, 0.15) is 37.8 Å². The van der Waals surface area contributed by atoms with Gasteiger partial charge in [-0.25, -0.2) is 4.39 Å². The maximum absolute atomic E-state index is 14.5. The van der Waals surface area contributed by atoms with Crippen molar-refractivity contribution in [2.75, 3.05) is 13.2 Å². The number of ether oxygens (including phenoxy) is 4. The quantitative estimate of drug-likeness (QED) is 0.692. The lowest BCUT2D eigenvalue weighted by Crippen LogP contribution is -2.42. The van der Waals surface area contributed by atoms with Gasteiger partial charge in [-0.05, 0) is 43.5 Å². The zero-order chi connectivity index (χ0) is 21.8. The molecule has 7 heteroatoms. The molecule has 2 aromatic carbocycles. The predicted octanol–water partition coefficient (Wildman–Crippen LogP) is 3.79. The molecular weight excluding hydrogens is 401 g/mol. The first-order valence-corrected chi connectivity index (χ1v) is 10.7. The van der Waals surface area contributed by atoms with Crippen molar-refractivity contribution in [3.05, 3.63) is 53.3 Å². The fourth-order valence-electron chi connectivity index (χ4n) is 3.88. The second-order valence-electron chi connectivity index (χ2n) is 8.11. The van der Waals surface area contributed by atoms with E-state index in [0.717, 1.165) is 37.2 Å². The van der Waals surface area contributed by atoms with E-state index >= 15 is 0 Å². The molecule has 0 aromatic heterocycles. The van der Waals surface area contributed by atoms with E-state index in [0.29, 0.717) is 23.7 Å². The van der Waals surface area contributed by atoms with Crippen LogP contribution >= 0.6 is 0 Å². The Kier molecular flexibility index (Phi) is 6.61. The fourth-order valence-corrected chi connectivity index (χ4v) is 3.88. The molecule has 1 N–H and O–H groups in total.